The van der Waals surface area contributed by atoms with Crippen LogP contribution >= 0.6 is 0 Å². The number of amides is 1. The number of likely N-dealkylation sites (tertiary alicyclic amines) is 1. The SMILES string of the molecule is CC[C@@H]1[C@H](C(=O)O)CCCN1C(C)=O. The highest BCUT2D eigenvalue weighted by molar-refractivity contribution is 5.76. The number of aliphatic carboxylic acids is 1. The highest BCUT2D eigenvalue weighted by Gasteiger charge is 2.35. The normalized spacial score (nSPS) is 27.4. The maximum Gasteiger partial charge on any atom is 0.308 e. The zero-order chi connectivity index (χ0) is 10.7. The van der Waals surface area contributed by atoms with Gasteiger partial charge >= 0.3 is 5.97 Å². The third-order valence-corrected chi connectivity index (χ3v) is 2.92. The predicted octanol–water partition coefficient (Wildman–Crippen LogP) is 1.11. The number of rotatable bonds is 2. The molecule has 1 N–H and O–H groups in total. The predicted molar refractivity (Wildman–Crippen MR) is 51.8 cm³/mol. The summed E-state index contributed by atoms with van der Waals surface area (Å²) >= 11 is 0. The van der Waals surface area contributed by atoms with Crippen LogP contribution < -0.4 is 0 Å². The number of carboxylic acids is 1. The minimum Gasteiger partial charge on any atom is -0.481 e. The summed E-state index contributed by atoms with van der Waals surface area (Å²) in [5.41, 5.74) is 0. The molecule has 1 rings (SSSR count). The Morgan fingerprint density at radius 2 is 2.14 bits per heavy atom. The zero-order valence-electron chi connectivity index (χ0n) is 8.69. The van der Waals surface area contributed by atoms with Crippen LogP contribution in [0.15, 0.2) is 0 Å². The van der Waals surface area contributed by atoms with Gasteiger partial charge in [-0.15, -0.1) is 0 Å². The molecule has 1 aliphatic heterocycles. The molecule has 1 amide bonds. The Morgan fingerprint density at radius 3 is 2.57 bits per heavy atom. The van der Waals surface area contributed by atoms with Crippen molar-refractivity contribution in [2.75, 3.05) is 6.54 Å². The van der Waals surface area contributed by atoms with Crippen molar-refractivity contribution in [1.29, 1.82) is 0 Å². The summed E-state index contributed by atoms with van der Waals surface area (Å²) in [7, 11) is 0. The second-order valence-corrected chi connectivity index (χ2v) is 3.77. The van der Waals surface area contributed by atoms with Crippen LogP contribution in [0, 0.1) is 5.92 Å². The number of carbonyl (C=O) groups excluding carboxylic acids is 1. The molecular weight excluding hydrogens is 182 g/mol. The van der Waals surface area contributed by atoms with Crippen molar-refractivity contribution in [3.8, 4) is 0 Å². The van der Waals surface area contributed by atoms with E-state index in [1.54, 1.807) is 4.90 Å². The fraction of sp³-hybridized carbons (Fsp3) is 0.800. The number of carbonyl (C=O) groups is 2. The number of nitrogens with zero attached hydrogens (tertiary/aromatic N) is 1. The summed E-state index contributed by atoms with van der Waals surface area (Å²) < 4.78 is 0. The second kappa shape index (κ2) is 4.44. The molecule has 0 aromatic rings. The molecule has 0 saturated carbocycles. The monoisotopic (exact) mass is 199 g/mol. The highest BCUT2D eigenvalue weighted by atomic mass is 16.4. The number of carboxylic acid groups (broad SMARTS) is 1. The average molecular weight is 199 g/mol. The maximum absolute atomic E-state index is 11.3. The van der Waals surface area contributed by atoms with Crippen LogP contribution in [0.25, 0.3) is 0 Å². The van der Waals surface area contributed by atoms with E-state index >= 15 is 0 Å². The minimum absolute atomic E-state index is 0.0113. The zero-order valence-corrected chi connectivity index (χ0v) is 8.69. The quantitative estimate of drug-likeness (QED) is 0.724. The van der Waals surface area contributed by atoms with Crippen molar-refractivity contribution in [3.63, 3.8) is 0 Å². The topological polar surface area (TPSA) is 57.6 Å². The van der Waals surface area contributed by atoms with E-state index in [1.807, 2.05) is 6.92 Å². The molecule has 2 atom stereocenters. The summed E-state index contributed by atoms with van der Waals surface area (Å²) in [6.45, 7) is 4.15. The van der Waals surface area contributed by atoms with Crippen LogP contribution in [-0.4, -0.2) is 34.5 Å². The van der Waals surface area contributed by atoms with E-state index in [9.17, 15) is 9.59 Å². The van der Waals surface area contributed by atoms with Gasteiger partial charge in [0, 0.05) is 19.5 Å². The summed E-state index contributed by atoms with van der Waals surface area (Å²) in [6, 6.07) is -0.112. The van der Waals surface area contributed by atoms with Gasteiger partial charge in [-0.1, -0.05) is 6.92 Å². The molecule has 0 aromatic heterocycles. The number of piperidine rings is 1. The third-order valence-electron chi connectivity index (χ3n) is 2.92. The molecule has 0 spiro atoms. The van der Waals surface area contributed by atoms with E-state index in [1.165, 1.54) is 6.92 Å². The Hall–Kier alpha value is -1.06. The molecular formula is C10H17NO3. The second-order valence-electron chi connectivity index (χ2n) is 3.77. The first-order valence-corrected chi connectivity index (χ1v) is 5.08. The summed E-state index contributed by atoms with van der Waals surface area (Å²) in [5.74, 6) is -1.16. The first-order valence-electron chi connectivity index (χ1n) is 5.08. The van der Waals surface area contributed by atoms with Crippen molar-refractivity contribution in [3.05, 3.63) is 0 Å². The van der Waals surface area contributed by atoms with Gasteiger partial charge in [0.15, 0.2) is 0 Å². The van der Waals surface area contributed by atoms with Crippen LogP contribution in [0.5, 0.6) is 0 Å². The van der Waals surface area contributed by atoms with Crippen molar-refractivity contribution in [1.82, 2.24) is 4.90 Å². The standard InChI is InChI=1S/C10H17NO3/c1-3-9-8(10(13)14)5-4-6-11(9)7(2)12/h8-9H,3-6H2,1-2H3,(H,13,14)/t8-,9-/m1/s1. The van der Waals surface area contributed by atoms with Crippen molar-refractivity contribution in [2.24, 2.45) is 5.92 Å². The van der Waals surface area contributed by atoms with Gasteiger partial charge in [0.2, 0.25) is 5.91 Å². The summed E-state index contributed by atoms with van der Waals surface area (Å²) in [6.07, 6.45) is 2.21. The van der Waals surface area contributed by atoms with Gasteiger partial charge in [-0.2, -0.15) is 0 Å². The van der Waals surface area contributed by atoms with Gasteiger partial charge < -0.3 is 10.0 Å². The largest absolute Gasteiger partial charge is 0.481 e. The maximum atomic E-state index is 11.3. The molecule has 0 bridgehead atoms. The Balaban J connectivity index is 2.79. The lowest BCUT2D eigenvalue weighted by molar-refractivity contribution is -0.149. The molecule has 0 aliphatic carbocycles. The van der Waals surface area contributed by atoms with Crippen LogP contribution in [-0.2, 0) is 9.59 Å². The third kappa shape index (κ3) is 2.05. The number of hydrogen-bond donors (Lipinski definition) is 1. The van der Waals surface area contributed by atoms with Gasteiger partial charge in [-0.3, -0.25) is 9.59 Å². The lowest BCUT2D eigenvalue weighted by Gasteiger charge is -2.38. The van der Waals surface area contributed by atoms with Crippen LogP contribution in [0.4, 0.5) is 0 Å². The molecule has 4 nitrogen and oxygen atoms in total. The molecule has 1 aliphatic rings. The fourth-order valence-corrected chi connectivity index (χ4v) is 2.24. The van der Waals surface area contributed by atoms with Gasteiger partial charge in [0.05, 0.1) is 5.92 Å². The van der Waals surface area contributed by atoms with Gasteiger partial charge in [-0.05, 0) is 19.3 Å². The summed E-state index contributed by atoms with van der Waals surface area (Å²) in [4.78, 5) is 23.9. The molecule has 80 valence electrons. The van der Waals surface area contributed by atoms with Gasteiger partial charge in [0.25, 0.3) is 0 Å². The van der Waals surface area contributed by atoms with Crippen molar-refractivity contribution >= 4 is 11.9 Å². The Kier molecular flexibility index (Phi) is 3.49. The first kappa shape index (κ1) is 11.0. The average Bonchev–Trinajstić information content (AvgIpc) is 2.16. The minimum atomic E-state index is -0.775. The fourth-order valence-electron chi connectivity index (χ4n) is 2.24. The van der Waals surface area contributed by atoms with Crippen molar-refractivity contribution in [2.45, 2.75) is 39.2 Å². The lowest BCUT2D eigenvalue weighted by atomic mass is 9.87. The Labute approximate surface area is 83.9 Å². The molecule has 4 heteroatoms. The van der Waals surface area contributed by atoms with Gasteiger partial charge in [0.1, 0.15) is 0 Å². The van der Waals surface area contributed by atoms with E-state index in [0.29, 0.717) is 13.0 Å². The Bertz CT molecular complexity index is 218. The highest BCUT2D eigenvalue weighted by Crippen LogP contribution is 2.26. The first-order chi connectivity index (χ1) is 6.57. The smallest absolute Gasteiger partial charge is 0.308 e. The van der Waals surface area contributed by atoms with E-state index < -0.39 is 5.97 Å². The Morgan fingerprint density at radius 1 is 1.50 bits per heavy atom. The number of hydrogen-bond acceptors (Lipinski definition) is 2. The molecule has 0 aromatic carbocycles. The van der Waals surface area contributed by atoms with E-state index in [-0.39, 0.29) is 17.9 Å². The van der Waals surface area contributed by atoms with Crippen LogP contribution in [0.1, 0.15) is 33.1 Å². The summed E-state index contributed by atoms with van der Waals surface area (Å²) in [5, 5.41) is 9.00. The molecule has 0 radical (unpaired) electrons. The molecule has 14 heavy (non-hydrogen) atoms. The molecule has 1 fully saturated rings. The lowest BCUT2D eigenvalue weighted by Crippen LogP contribution is -2.49. The van der Waals surface area contributed by atoms with Gasteiger partial charge in [-0.25, -0.2) is 0 Å². The van der Waals surface area contributed by atoms with Crippen molar-refractivity contribution < 1.29 is 14.7 Å². The molecule has 1 heterocycles. The van der Waals surface area contributed by atoms with Crippen LogP contribution in [0.2, 0.25) is 0 Å². The molecule has 1 saturated heterocycles. The van der Waals surface area contributed by atoms with Crippen LogP contribution in [0.3, 0.4) is 0 Å². The van der Waals surface area contributed by atoms with E-state index in [2.05, 4.69) is 0 Å². The van der Waals surface area contributed by atoms with E-state index in [4.69, 9.17) is 5.11 Å². The van der Waals surface area contributed by atoms with E-state index in [0.717, 1.165) is 12.8 Å². The molecule has 0 unspecified atom stereocenters.